The molecule has 0 fully saturated rings. The summed E-state index contributed by atoms with van der Waals surface area (Å²) in [5, 5.41) is 0. The highest BCUT2D eigenvalue weighted by Crippen LogP contribution is 2.28. The predicted molar refractivity (Wildman–Crippen MR) is 86.3 cm³/mol. The molecular formula is C16H16N2O2S. The van der Waals surface area contributed by atoms with E-state index in [1.54, 1.807) is 14.2 Å². The van der Waals surface area contributed by atoms with Gasteiger partial charge in [0.05, 0.1) is 30.9 Å². The van der Waals surface area contributed by atoms with Crippen molar-refractivity contribution in [1.29, 1.82) is 0 Å². The van der Waals surface area contributed by atoms with Gasteiger partial charge in [-0.25, -0.2) is 0 Å². The molecule has 0 radical (unpaired) electrons. The second kappa shape index (κ2) is 5.26. The van der Waals surface area contributed by atoms with E-state index in [0.29, 0.717) is 4.77 Å². The maximum absolute atomic E-state index is 5.48. The number of para-hydroxylation sites is 1. The summed E-state index contributed by atoms with van der Waals surface area (Å²) >= 11 is 5.48. The van der Waals surface area contributed by atoms with Crippen molar-refractivity contribution in [2.24, 2.45) is 0 Å². The van der Waals surface area contributed by atoms with Crippen molar-refractivity contribution < 1.29 is 9.47 Å². The number of nitrogens with one attached hydrogen (secondary N) is 1. The van der Waals surface area contributed by atoms with Gasteiger partial charge in [-0.1, -0.05) is 12.1 Å². The molecule has 1 N–H and O–H groups in total. The maximum Gasteiger partial charge on any atom is 0.182 e. The Morgan fingerprint density at radius 3 is 2.33 bits per heavy atom. The van der Waals surface area contributed by atoms with E-state index in [1.807, 2.05) is 34.9 Å². The van der Waals surface area contributed by atoms with Gasteiger partial charge in [0.15, 0.2) is 4.77 Å². The SMILES string of the molecule is COc1cc(OC)cc(-n2c(=S)[nH]c3c(C)cccc32)c1. The zero-order chi connectivity index (χ0) is 15.0. The Kier molecular flexibility index (Phi) is 3.43. The fourth-order valence-electron chi connectivity index (χ4n) is 2.45. The molecule has 108 valence electrons. The van der Waals surface area contributed by atoms with E-state index in [2.05, 4.69) is 18.0 Å². The predicted octanol–water partition coefficient (Wildman–Crippen LogP) is 4.01. The van der Waals surface area contributed by atoms with E-state index in [9.17, 15) is 0 Å². The van der Waals surface area contributed by atoms with Gasteiger partial charge < -0.3 is 14.5 Å². The van der Waals surface area contributed by atoms with Gasteiger partial charge in [-0.3, -0.25) is 4.57 Å². The first kappa shape index (κ1) is 13.7. The summed E-state index contributed by atoms with van der Waals surface area (Å²) in [5.41, 5.74) is 4.15. The summed E-state index contributed by atoms with van der Waals surface area (Å²) in [6.07, 6.45) is 0. The van der Waals surface area contributed by atoms with Crippen LogP contribution in [0.4, 0.5) is 0 Å². The van der Waals surface area contributed by atoms with Crippen LogP contribution in [0.5, 0.6) is 11.5 Å². The maximum atomic E-state index is 5.48. The Hall–Kier alpha value is -2.27. The van der Waals surface area contributed by atoms with Crippen LogP contribution in [-0.2, 0) is 0 Å². The fraction of sp³-hybridized carbons (Fsp3) is 0.188. The van der Waals surface area contributed by atoms with Crippen LogP contribution >= 0.6 is 12.2 Å². The number of aromatic nitrogens is 2. The van der Waals surface area contributed by atoms with Crippen molar-refractivity contribution in [3.8, 4) is 17.2 Å². The first-order valence-electron chi connectivity index (χ1n) is 6.58. The first-order valence-corrected chi connectivity index (χ1v) is 6.98. The second-order valence-electron chi connectivity index (χ2n) is 4.81. The molecule has 1 aromatic heterocycles. The van der Waals surface area contributed by atoms with E-state index >= 15 is 0 Å². The minimum Gasteiger partial charge on any atom is -0.497 e. The number of H-pyrrole nitrogens is 1. The lowest BCUT2D eigenvalue weighted by molar-refractivity contribution is 0.394. The Bertz CT molecular complexity index is 842. The number of ether oxygens (including phenoxy) is 2. The van der Waals surface area contributed by atoms with Crippen molar-refractivity contribution in [2.45, 2.75) is 6.92 Å². The molecule has 0 saturated heterocycles. The molecule has 0 aliphatic rings. The molecule has 0 bridgehead atoms. The minimum absolute atomic E-state index is 0.648. The number of aryl methyl sites for hydroxylation is 1. The van der Waals surface area contributed by atoms with Gasteiger partial charge in [-0.05, 0) is 30.8 Å². The molecule has 1 heterocycles. The molecule has 0 atom stereocenters. The highest BCUT2D eigenvalue weighted by atomic mass is 32.1. The zero-order valence-corrected chi connectivity index (χ0v) is 13.0. The summed E-state index contributed by atoms with van der Waals surface area (Å²) in [7, 11) is 3.27. The van der Waals surface area contributed by atoms with Gasteiger partial charge in [0, 0.05) is 18.2 Å². The van der Waals surface area contributed by atoms with Crippen molar-refractivity contribution in [3.05, 3.63) is 46.7 Å². The molecule has 4 nitrogen and oxygen atoms in total. The third-order valence-electron chi connectivity index (χ3n) is 3.52. The van der Waals surface area contributed by atoms with Crippen LogP contribution in [0.25, 0.3) is 16.7 Å². The monoisotopic (exact) mass is 300 g/mol. The van der Waals surface area contributed by atoms with Crippen LogP contribution < -0.4 is 9.47 Å². The number of fused-ring (bicyclic) bond motifs is 1. The number of rotatable bonds is 3. The summed E-state index contributed by atoms with van der Waals surface area (Å²) in [4.78, 5) is 3.26. The molecule has 0 saturated carbocycles. The Labute approximate surface area is 127 Å². The lowest BCUT2D eigenvalue weighted by atomic mass is 10.2. The van der Waals surface area contributed by atoms with Gasteiger partial charge in [0.1, 0.15) is 11.5 Å². The molecule has 0 amide bonds. The number of imidazole rings is 1. The lowest BCUT2D eigenvalue weighted by Gasteiger charge is -2.10. The average molecular weight is 300 g/mol. The molecule has 3 aromatic rings. The third kappa shape index (κ3) is 2.29. The first-order chi connectivity index (χ1) is 10.1. The number of hydrogen-bond donors (Lipinski definition) is 1. The molecule has 3 rings (SSSR count). The van der Waals surface area contributed by atoms with E-state index in [4.69, 9.17) is 21.7 Å². The van der Waals surface area contributed by atoms with Crippen molar-refractivity contribution in [3.63, 3.8) is 0 Å². The van der Waals surface area contributed by atoms with Gasteiger partial charge in [-0.15, -0.1) is 0 Å². The van der Waals surface area contributed by atoms with E-state index < -0.39 is 0 Å². The molecule has 0 aliphatic heterocycles. The van der Waals surface area contributed by atoms with E-state index in [0.717, 1.165) is 33.8 Å². The summed E-state index contributed by atoms with van der Waals surface area (Å²) < 4.78 is 13.3. The molecule has 0 spiro atoms. The standard InChI is InChI=1S/C16H16N2O2S/c1-10-5-4-6-14-15(10)17-16(21)18(14)11-7-12(19-2)9-13(8-11)20-3/h4-9H,1-3H3,(H,17,21). The van der Waals surface area contributed by atoms with Crippen LogP contribution in [0.2, 0.25) is 0 Å². The Balaban J connectivity index is 2.32. The third-order valence-corrected chi connectivity index (χ3v) is 3.81. The number of nitrogens with zero attached hydrogens (tertiary/aromatic N) is 1. The molecule has 5 heteroatoms. The smallest absolute Gasteiger partial charge is 0.182 e. The summed E-state index contributed by atoms with van der Waals surface area (Å²) in [6, 6.07) is 11.8. The van der Waals surface area contributed by atoms with Crippen LogP contribution in [0.1, 0.15) is 5.56 Å². The van der Waals surface area contributed by atoms with Crippen LogP contribution in [0.3, 0.4) is 0 Å². The van der Waals surface area contributed by atoms with Gasteiger partial charge in [0.25, 0.3) is 0 Å². The average Bonchev–Trinajstić information content (AvgIpc) is 2.84. The normalized spacial score (nSPS) is 10.8. The van der Waals surface area contributed by atoms with Crippen molar-refractivity contribution in [2.75, 3.05) is 14.2 Å². The zero-order valence-electron chi connectivity index (χ0n) is 12.1. The minimum atomic E-state index is 0.648. The van der Waals surface area contributed by atoms with E-state index in [1.165, 1.54) is 0 Å². The fourth-order valence-corrected chi connectivity index (χ4v) is 2.76. The van der Waals surface area contributed by atoms with Crippen molar-refractivity contribution >= 4 is 23.3 Å². The van der Waals surface area contributed by atoms with Crippen LogP contribution in [0.15, 0.2) is 36.4 Å². The molecule has 2 aromatic carbocycles. The summed E-state index contributed by atoms with van der Waals surface area (Å²) in [5.74, 6) is 1.46. The number of aromatic amines is 1. The lowest BCUT2D eigenvalue weighted by Crippen LogP contribution is -1.96. The molecular weight excluding hydrogens is 284 g/mol. The van der Waals surface area contributed by atoms with Crippen LogP contribution in [-0.4, -0.2) is 23.8 Å². The molecule has 0 aliphatic carbocycles. The van der Waals surface area contributed by atoms with Crippen molar-refractivity contribution in [1.82, 2.24) is 9.55 Å². The Morgan fingerprint density at radius 1 is 1.05 bits per heavy atom. The van der Waals surface area contributed by atoms with Crippen LogP contribution in [0, 0.1) is 11.7 Å². The Morgan fingerprint density at radius 2 is 1.71 bits per heavy atom. The number of hydrogen-bond acceptors (Lipinski definition) is 3. The highest BCUT2D eigenvalue weighted by molar-refractivity contribution is 7.71. The largest absolute Gasteiger partial charge is 0.497 e. The highest BCUT2D eigenvalue weighted by Gasteiger charge is 2.10. The topological polar surface area (TPSA) is 39.2 Å². The number of benzene rings is 2. The molecule has 21 heavy (non-hydrogen) atoms. The van der Waals surface area contributed by atoms with Gasteiger partial charge in [-0.2, -0.15) is 0 Å². The quantitative estimate of drug-likeness (QED) is 0.743. The number of methoxy groups -OCH3 is 2. The molecule has 0 unspecified atom stereocenters. The van der Waals surface area contributed by atoms with E-state index in [-0.39, 0.29) is 0 Å². The van der Waals surface area contributed by atoms with Gasteiger partial charge >= 0.3 is 0 Å². The summed E-state index contributed by atoms with van der Waals surface area (Å²) in [6.45, 7) is 2.06. The second-order valence-corrected chi connectivity index (χ2v) is 5.19. The van der Waals surface area contributed by atoms with Gasteiger partial charge in [0.2, 0.25) is 0 Å².